The second kappa shape index (κ2) is 7.30. The summed E-state index contributed by atoms with van der Waals surface area (Å²) in [5.41, 5.74) is 0.223. The molecule has 0 aliphatic rings. The molecule has 0 aliphatic carbocycles. The lowest BCUT2D eigenvalue weighted by molar-refractivity contribution is 0.0696. The fourth-order valence-corrected chi connectivity index (χ4v) is 3.27. The molecule has 7 nitrogen and oxygen atoms in total. The Bertz CT molecular complexity index is 769. The van der Waals surface area contributed by atoms with Gasteiger partial charge < -0.3 is 14.8 Å². The maximum atomic E-state index is 12.4. The Morgan fingerprint density at radius 2 is 2.09 bits per heavy atom. The van der Waals surface area contributed by atoms with Gasteiger partial charge >= 0.3 is 5.97 Å². The van der Waals surface area contributed by atoms with Crippen molar-refractivity contribution < 1.29 is 22.7 Å². The highest BCUT2D eigenvalue weighted by Crippen LogP contribution is 2.23. The minimum atomic E-state index is -3.81. The summed E-state index contributed by atoms with van der Waals surface area (Å²) in [6.07, 6.45) is 2.15. The van der Waals surface area contributed by atoms with Gasteiger partial charge in [-0.05, 0) is 36.8 Å². The lowest BCUT2D eigenvalue weighted by atomic mass is 10.2. The van der Waals surface area contributed by atoms with Crippen LogP contribution in [0.25, 0.3) is 0 Å². The summed E-state index contributed by atoms with van der Waals surface area (Å²) in [7, 11) is -3.81. The summed E-state index contributed by atoms with van der Waals surface area (Å²) in [4.78, 5) is 11.0. The van der Waals surface area contributed by atoms with Crippen LogP contribution < -0.4 is 10.0 Å². The summed E-state index contributed by atoms with van der Waals surface area (Å²) in [5, 5.41) is 12.0. The number of aromatic carboxylic acids is 1. The quantitative estimate of drug-likeness (QED) is 0.681. The maximum Gasteiger partial charge on any atom is 0.335 e. The van der Waals surface area contributed by atoms with Crippen LogP contribution in [0, 0.1) is 0 Å². The topological polar surface area (TPSA) is 109 Å². The van der Waals surface area contributed by atoms with Crippen molar-refractivity contribution in [3.8, 4) is 0 Å². The third-order valence-electron chi connectivity index (χ3n) is 3.09. The largest absolute Gasteiger partial charge is 0.478 e. The number of benzene rings is 1. The molecular formula is C15H18N2O5S. The van der Waals surface area contributed by atoms with Gasteiger partial charge in [-0.2, -0.15) is 0 Å². The molecule has 1 aromatic carbocycles. The molecule has 1 heterocycles. The monoisotopic (exact) mass is 338 g/mol. The number of hydrogen-bond acceptors (Lipinski definition) is 5. The molecule has 2 rings (SSSR count). The van der Waals surface area contributed by atoms with Gasteiger partial charge in [0.1, 0.15) is 10.7 Å². The Kier molecular flexibility index (Phi) is 5.41. The number of rotatable bonds is 8. The first kappa shape index (κ1) is 17.0. The number of furan rings is 1. The van der Waals surface area contributed by atoms with Crippen molar-refractivity contribution in [2.75, 3.05) is 11.9 Å². The number of carboxylic acid groups (broad SMARTS) is 1. The summed E-state index contributed by atoms with van der Waals surface area (Å²) < 4.78 is 32.4. The average molecular weight is 338 g/mol. The number of hydrogen-bond donors (Lipinski definition) is 3. The SMILES string of the molecule is CCCNS(=O)(=O)c1cc(C(=O)O)ccc1NCc1ccco1. The van der Waals surface area contributed by atoms with Gasteiger partial charge in [0.15, 0.2) is 0 Å². The molecule has 0 saturated carbocycles. The van der Waals surface area contributed by atoms with Crippen molar-refractivity contribution in [2.45, 2.75) is 24.8 Å². The van der Waals surface area contributed by atoms with Gasteiger partial charge in [-0.1, -0.05) is 6.92 Å². The van der Waals surface area contributed by atoms with Crippen LogP contribution in [-0.2, 0) is 16.6 Å². The van der Waals surface area contributed by atoms with Crippen LogP contribution in [0.2, 0.25) is 0 Å². The van der Waals surface area contributed by atoms with Gasteiger partial charge in [0.25, 0.3) is 0 Å². The molecule has 8 heteroatoms. The van der Waals surface area contributed by atoms with E-state index in [1.807, 2.05) is 6.92 Å². The van der Waals surface area contributed by atoms with Crippen molar-refractivity contribution in [3.05, 3.63) is 47.9 Å². The smallest absolute Gasteiger partial charge is 0.335 e. The fraction of sp³-hybridized carbons (Fsp3) is 0.267. The van der Waals surface area contributed by atoms with E-state index in [-0.39, 0.29) is 23.5 Å². The summed E-state index contributed by atoms with van der Waals surface area (Å²) in [6, 6.07) is 7.41. The van der Waals surface area contributed by atoms with Crippen molar-refractivity contribution in [1.29, 1.82) is 0 Å². The van der Waals surface area contributed by atoms with Crippen LogP contribution in [0.4, 0.5) is 5.69 Å². The molecule has 0 radical (unpaired) electrons. The van der Waals surface area contributed by atoms with Crippen LogP contribution in [-0.4, -0.2) is 26.0 Å². The molecule has 0 amide bonds. The first-order valence-electron chi connectivity index (χ1n) is 7.07. The Morgan fingerprint density at radius 3 is 2.70 bits per heavy atom. The van der Waals surface area contributed by atoms with Crippen LogP contribution in [0.1, 0.15) is 29.5 Å². The van der Waals surface area contributed by atoms with Crippen LogP contribution >= 0.6 is 0 Å². The summed E-state index contributed by atoms with van der Waals surface area (Å²) in [6.45, 7) is 2.40. The van der Waals surface area contributed by atoms with E-state index in [0.717, 1.165) is 6.07 Å². The Balaban J connectivity index is 2.34. The minimum Gasteiger partial charge on any atom is -0.478 e. The zero-order chi connectivity index (χ0) is 16.9. The lowest BCUT2D eigenvalue weighted by Crippen LogP contribution is -2.25. The van der Waals surface area contributed by atoms with E-state index in [1.165, 1.54) is 18.4 Å². The highest BCUT2D eigenvalue weighted by atomic mass is 32.2. The van der Waals surface area contributed by atoms with Crippen molar-refractivity contribution in [2.24, 2.45) is 0 Å². The number of carbonyl (C=O) groups is 1. The van der Waals surface area contributed by atoms with Gasteiger partial charge in [-0.25, -0.2) is 17.9 Å². The molecule has 0 unspecified atom stereocenters. The van der Waals surface area contributed by atoms with Crippen molar-refractivity contribution in [1.82, 2.24) is 4.72 Å². The number of carboxylic acids is 1. The van der Waals surface area contributed by atoms with Gasteiger partial charge in [0.05, 0.1) is 24.1 Å². The molecule has 0 saturated heterocycles. The van der Waals surface area contributed by atoms with E-state index in [9.17, 15) is 13.2 Å². The molecule has 0 bridgehead atoms. The first-order chi connectivity index (χ1) is 10.9. The standard InChI is InChI=1S/C15H18N2O5S/c1-2-7-17-23(20,21)14-9-11(15(18)19)5-6-13(14)16-10-12-4-3-8-22-12/h3-6,8-9,16-17H,2,7,10H2,1H3,(H,18,19). The molecule has 0 fully saturated rings. The first-order valence-corrected chi connectivity index (χ1v) is 8.55. The van der Waals surface area contributed by atoms with Crippen LogP contribution in [0.3, 0.4) is 0 Å². The van der Waals surface area contributed by atoms with Gasteiger partial charge in [-0.3, -0.25) is 0 Å². The number of nitrogens with one attached hydrogen (secondary N) is 2. The Morgan fingerprint density at radius 1 is 1.30 bits per heavy atom. The second-order valence-corrected chi connectivity index (χ2v) is 6.58. The average Bonchev–Trinajstić information content (AvgIpc) is 3.04. The zero-order valence-corrected chi connectivity index (χ0v) is 13.4. The molecule has 3 N–H and O–H groups in total. The molecule has 0 spiro atoms. The van der Waals surface area contributed by atoms with E-state index < -0.39 is 16.0 Å². The minimum absolute atomic E-state index is 0.0922. The predicted octanol–water partition coefficient (Wildman–Crippen LogP) is 2.28. The van der Waals surface area contributed by atoms with E-state index in [4.69, 9.17) is 9.52 Å². The Hall–Kier alpha value is -2.32. The van der Waals surface area contributed by atoms with Crippen LogP contribution in [0.15, 0.2) is 45.9 Å². The fourth-order valence-electron chi connectivity index (χ4n) is 1.93. The third kappa shape index (κ3) is 4.33. The molecule has 0 atom stereocenters. The Labute approximate surface area is 134 Å². The molecule has 0 aliphatic heterocycles. The van der Waals surface area contributed by atoms with Crippen molar-refractivity contribution in [3.63, 3.8) is 0 Å². The predicted molar refractivity (Wildman–Crippen MR) is 84.9 cm³/mol. The second-order valence-electron chi connectivity index (χ2n) is 4.85. The van der Waals surface area contributed by atoms with Gasteiger partial charge in [-0.15, -0.1) is 0 Å². The molecule has 124 valence electrons. The van der Waals surface area contributed by atoms with Gasteiger partial charge in [0.2, 0.25) is 10.0 Å². The van der Waals surface area contributed by atoms with Crippen molar-refractivity contribution >= 4 is 21.7 Å². The van der Waals surface area contributed by atoms with Gasteiger partial charge in [0, 0.05) is 6.54 Å². The summed E-state index contributed by atoms with van der Waals surface area (Å²) in [5.74, 6) is -0.549. The zero-order valence-electron chi connectivity index (χ0n) is 12.6. The molecule has 23 heavy (non-hydrogen) atoms. The highest BCUT2D eigenvalue weighted by Gasteiger charge is 2.20. The normalized spacial score (nSPS) is 11.3. The number of sulfonamides is 1. The van der Waals surface area contributed by atoms with Crippen LogP contribution in [0.5, 0.6) is 0 Å². The van der Waals surface area contributed by atoms with E-state index >= 15 is 0 Å². The molecule has 1 aromatic heterocycles. The number of anilines is 1. The third-order valence-corrected chi connectivity index (χ3v) is 4.59. The summed E-state index contributed by atoms with van der Waals surface area (Å²) >= 11 is 0. The molecule has 2 aromatic rings. The van der Waals surface area contributed by atoms with E-state index in [2.05, 4.69) is 10.0 Å². The lowest BCUT2D eigenvalue weighted by Gasteiger charge is -2.13. The van der Waals surface area contributed by atoms with E-state index in [0.29, 0.717) is 17.9 Å². The molecular weight excluding hydrogens is 320 g/mol. The highest BCUT2D eigenvalue weighted by molar-refractivity contribution is 7.89. The van der Waals surface area contributed by atoms with E-state index in [1.54, 1.807) is 12.1 Å². The maximum absolute atomic E-state index is 12.4.